The molecule has 0 heterocycles. The van der Waals surface area contributed by atoms with E-state index >= 15 is 0 Å². The first-order valence-corrected chi connectivity index (χ1v) is 5.35. The Morgan fingerprint density at radius 2 is 2.25 bits per heavy atom. The van der Waals surface area contributed by atoms with Crippen LogP contribution >= 0.6 is 0 Å². The molecule has 0 saturated heterocycles. The highest BCUT2D eigenvalue weighted by Crippen LogP contribution is 1.91. The summed E-state index contributed by atoms with van der Waals surface area (Å²) in [6.45, 7) is 2.20. The summed E-state index contributed by atoms with van der Waals surface area (Å²) < 4.78 is 0. The van der Waals surface area contributed by atoms with Gasteiger partial charge >= 0.3 is 0 Å². The first kappa shape index (κ1) is 8.20. The fourth-order valence-corrected chi connectivity index (χ4v) is 1.96. The first-order valence-electron chi connectivity index (χ1n) is 3.35. The minimum Gasteiger partial charge on any atom is -0.303 e. The average molecular weight is 128 g/mol. The van der Waals surface area contributed by atoms with E-state index in [0.717, 1.165) is 12.7 Å². The quantitative estimate of drug-likeness (QED) is 0.309. The highest BCUT2D eigenvalue weighted by atomic mass is 27.1. The maximum absolute atomic E-state index is 9.79. The Hall–Kier alpha value is 0.202. The molecule has 0 aromatic heterocycles. The summed E-state index contributed by atoms with van der Waals surface area (Å²) in [6.07, 6.45) is 3.15. The second kappa shape index (κ2) is 7.20. The Bertz CT molecular complexity index is 54.5. The Balaban J connectivity index is 2.62. The van der Waals surface area contributed by atoms with Gasteiger partial charge in [-0.2, -0.15) is 0 Å². The van der Waals surface area contributed by atoms with Crippen molar-refractivity contribution >= 4 is 21.5 Å². The summed E-state index contributed by atoms with van der Waals surface area (Å²) in [4.78, 5) is 9.79. The van der Waals surface area contributed by atoms with Crippen LogP contribution in [-0.2, 0) is 4.79 Å². The van der Waals surface area contributed by atoms with Gasteiger partial charge in [-0.05, 0) is 6.42 Å². The van der Waals surface area contributed by atoms with E-state index in [1.807, 2.05) is 0 Å². The van der Waals surface area contributed by atoms with Crippen LogP contribution in [0.3, 0.4) is 0 Å². The maximum atomic E-state index is 9.79. The molecule has 0 aliphatic rings. The fraction of sp³-hybridized carbons (Fsp3) is 0.833. The van der Waals surface area contributed by atoms with Crippen molar-refractivity contribution in [3.05, 3.63) is 0 Å². The second-order valence-electron chi connectivity index (χ2n) is 2.02. The SMILES string of the molecule is CC[CH2][AlH][CH2]CC=O. The van der Waals surface area contributed by atoms with Gasteiger partial charge in [-0.15, -0.1) is 0 Å². The van der Waals surface area contributed by atoms with Gasteiger partial charge < -0.3 is 4.79 Å². The van der Waals surface area contributed by atoms with Crippen LogP contribution in [-0.4, -0.2) is 21.5 Å². The molecule has 0 aromatic rings. The van der Waals surface area contributed by atoms with Gasteiger partial charge in [-0.1, -0.05) is 23.9 Å². The van der Waals surface area contributed by atoms with Crippen molar-refractivity contribution in [1.29, 1.82) is 0 Å². The van der Waals surface area contributed by atoms with E-state index in [2.05, 4.69) is 6.92 Å². The second-order valence-corrected chi connectivity index (χ2v) is 4.14. The molecule has 46 valence electrons. The van der Waals surface area contributed by atoms with Gasteiger partial charge in [0.05, 0.1) is 0 Å². The lowest BCUT2D eigenvalue weighted by Crippen LogP contribution is -1.87. The zero-order valence-electron chi connectivity index (χ0n) is 5.52. The number of hydrogen-bond acceptors (Lipinski definition) is 1. The Morgan fingerprint density at radius 3 is 2.75 bits per heavy atom. The molecule has 0 N–H and O–H groups in total. The first-order chi connectivity index (χ1) is 3.91. The molecule has 0 fully saturated rings. The van der Waals surface area contributed by atoms with Crippen LogP contribution in [0.1, 0.15) is 19.8 Å². The van der Waals surface area contributed by atoms with Gasteiger partial charge in [0, 0.05) is 0 Å². The Kier molecular flexibility index (Phi) is 7.38. The van der Waals surface area contributed by atoms with E-state index in [9.17, 15) is 4.79 Å². The third-order valence-corrected chi connectivity index (χ3v) is 3.29. The van der Waals surface area contributed by atoms with E-state index < -0.39 is 0 Å². The van der Waals surface area contributed by atoms with E-state index in [4.69, 9.17) is 0 Å². The topological polar surface area (TPSA) is 17.1 Å². The van der Waals surface area contributed by atoms with E-state index in [1.165, 1.54) is 17.0 Å². The van der Waals surface area contributed by atoms with E-state index in [-0.39, 0.29) is 15.2 Å². The van der Waals surface area contributed by atoms with Crippen LogP contribution in [0.25, 0.3) is 0 Å². The minimum atomic E-state index is 0.169. The fourth-order valence-electron chi connectivity index (χ4n) is 0.654. The van der Waals surface area contributed by atoms with Crippen LogP contribution in [0.4, 0.5) is 0 Å². The molecule has 1 nitrogen and oxygen atoms in total. The van der Waals surface area contributed by atoms with Crippen molar-refractivity contribution in [2.75, 3.05) is 0 Å². The van der Waals surface area contributed by atoms with Crippen LogP contribution < -0.4 is 0 Å². The molecule has 0 aliphatic heterocycles. The number of aldehydes is 1. The zero-order valence-corrected chi connectivity index (χ0v) is 6.94. The monoisotopic (exact) mass is 128 g/mol. The summed E-state index contributed by atoms with van der Waals surface area (Å²) in [6, 6.07) is 0. The molecule has 0 unspecified atom stereocenters. The molecule has 0 aliphatic carbocycles. The van der Waals surface area contributed by atoms with Gasteiger partial charge in [-0.25, -0.2) is 0 Å². The highest BCUT2D eigenvalue weighted by Gasteiger charge is 1.88. The number of rotatable bonds is 5. The van der Waals surface area contributed by atoms with Gasteiger partial charge in [0.2, 0.25) is 15.2 Å². The average Bonchev–Trinajstić information content (AvgIpc) is 1.81. The predicted octanol–water partition coefficient (Wildman–Crippen LogP) is 1.26. The van der Waals surface area contributed by atoms with Crippen molar-refractivity contribution < 1.29 is 4.79 Å². The lowest BCUT2D eigenvalue weighted by molar-refractivity contribution is -0.107. The largest absolute Gasteiger partial charge is 0.303 e. The molecule has 0 radical (unpaired) electrons. The number of hydrogen-bond donors (Lipinski definition) is 0. The lowest BCUT2D eigenvalue weighted by Gasteiger charge is -1.86. The van der Waals surface area contributed by atoms with Crippen molar-refractivity contribution in [2.45, 2.75) is 30.3 Å². The number of carbonyl (C=O) groups excluding carboxylic acids is 1. The molecule has 0 amide bonds. The van der Waals surface area contributed by atoms with Crippen molar-refractivity contribution in [3.63, 3.8) is 0 Å². The van der Waals surface area contributed by atoms with Crippen molar-refractivity contribution in [3.8, 4) is 0 Å². The van der Waals surface area contributed by atoms with Crippen LogP contribution in [0, 0.1) is 0 Å². The van der Waals surface area contributed by atoms with Crippen molar-refractivity contribution in [1.82, 2.24) is 0 Å². The summed E-state index contributed by atoms with van der Waals surface area (Å²) in [5.74, 6) is 0. The van der Waals surface area contributed by atoms with Gasteiger partial charge in [-0.3, -0.25) is 0 Å². The molecule has 0 rings (SSSR count). The lowest BCUT2D eigenvalue weighted by atomic mass is 10.6. The Labute approximate surface area is 57.2 Å². The maximum Gasteiger partial charge on any atom is 0.237 e. The molecule has 2 heteroatoms. The molecule has 0 bridgehead atoms. The molecular formula is C6H13AlO. The minimum absolute atomic E-state index is 0.169. The summed E-state index contributed by atoms with van der Waals surface area (Å²) in [7, 11) is 0. The normalized spacial score (nSPS) is 8.62. The number of carbonyl (C=O) groups is 1. The summed E-state index contributed by atoms with van der Waals surface area (Å²) >= 11 is 0.169. The van der Waals surface area contributed by atoms with Crippen LogP contribution in [0.5, 0.6) is 0 Å². The third kappa shape index (κ3) is 6.20. The van der Waals surface area contributed by atoms with E-state index in [1.54, 1.807) is 0 Å². The third-order valence-electron chi connectivity index (χ3n) is 1.18. The van der Waals surface area contributed by atoms with Gasteiger partial charge in [0.25, 0.3) is 0 Å². The smallest absolute Gasteiger partial charge is 0.237 e. The predicted molar refractivity (Wildman–Crippen MR) is 37.7 cm³/mol. The van der Waals surface area contributed by atoms with Crippen LogP contribution in [0.2, 0.25) is 10.6 Å². The zero-order chi connectivity index (χ0) is 6.24. The van der Waals surface area contributed by atoms with Crippen molar-refractivity contribution in [2.24, 2.45) is 0 Å². The highest BCUT2D eigenvalue weighted by molar-refractivity contribution is 6.35. The molecule has 0 spiro atoms. The molecule has 0 saturated carbocycles. The van der Waals surface area contributed by atoms with Gasteiger partial charge in [0.1, 0.15) is 6.29 Å². The summed E-state index contributed by atoms with van der Waals surface area (Å²) in [5.41, 5.74) is 0. The molecule has 0 aromatic carbocycles. The van der Waals surface area contributed by atoms with Gasteiger partial charge in [0.15, 0.2) is 0 Å². The standard InChI is InChI=1S/C3H5O.C3H7.Al.H/c1-2-3-4;1-3-2;;/h3H,1-2H2;1,3H2,2H3;;. The molecule has 8 heavy (non-hydrogen) atoms. The Morgan fingerprint density at radius 1 is 1.50 bits per heavy atom. The van der Waals surface area contributed by atoms with Crippen LogP contribution in [0.15, 0.2) is 0 Å². The van der Waals surface area contributed by atoms with E-state index in [0.29, 0.717) is 0 Å². The molecular weight excluding hydrogens is 115 g/mol. The molecule has 0 atom stereocenters. The summed E-state index contributed by atoms with van der Waals surface area (Å²) in [5, 5.41) is 2.63.